The van der Waals surface area contributed by atoms with Gasteiger partial charge >= 0.3 is 0 Å². The summed E-state index contributed by atoms with van der Waals surface area (Å²) in [5.41, 5.74) is -1.41. The van der Waals surface area contributed by atoms with Crippen molar-refractivity contribution in [3.05, 3.63) is 29.3 Å². The zero-order valence-corrected chi connectivity index (χ0v) is 10.4. The lowest BCUT2D eigenvalue weighted by Gasteiger charge is -2.14. The fourth-order valence-electron chi connectivity index (χ4n) is 1.27. The van der Waals surface area contributed by atoms with E-state index in [1.54, 1.807) is 4.72 Å². The van der Waals surface area contributed by atoms with Crippen LogP contribution in [0.1, 0.15) is 20.7 Å². The van der Waals surface area contributed by atoms with Crippen LogP contribution in [0.2, 0.25) is 0 Å². The standard InChI is InChI=1S/C10H9NO8S/c12-8(13)4-11-20(18,19)7-3-5(9(14)15)1-2-6(7)10(16)17/h1-3,11H,4H2,(H,12,13)(H,14,15)(H,16,17)/p-3. The summed E-state index contributed by atoms with van der Waals surface area (Å²) >= 11 is 0. The molecule has 0 atom stereocenters. The number of carbonyl (C=O) groups excluding carboxylic acids is 3. The molecule has 0 heterocycles. The Morgan fingerprint density at radius 3 is 2.10 bits per heavy atom. The largest absolute Gasteiger partial charge is 0.549 e. The van der Waals surface area contributed by atoms with Gasteiger partial charge in [0.25, 0.3) is 0 Å². The van der Waals surface area contributed by atoms with E-state index in [1.165, 1.54) is 0 Å². The molecule has 0 aromatic heterocycles. The number of hydrogen-bond donors (Lipinski definition) is 1. The molecule has 0 radical (unpaired) electrons. The Labute approximate surface area is 112 Å². The Morgan fingerprint density at radius 2 is 1.65 bits per heavy atom. The minimum atomic E-state index is -4.57. The van der Waals surface area contributed by atoms with Gasteiger partial charge in [-0.3, -0.25) is 0 Å². The van der Waals surface area contributed by atoms with Crippen LogP contribution < -0.4 is 20.0 Å². The highest BCUT2D eigenvalue weighted by Gasteiger charge is 2.19. The lowest BCUT2D eigenvalue weighted by atomic mass is 10.1. The van der Waals surface area contributed by atoms with E-state index in [-0.39, 0.29) is 0 Å². The first-order chi connectivity index (χ1) is 9.15. The van der Waals surface area contributed by atoms with Crippen LogP contribution >= 0.6 is 0 Å². The third-order valence-corrected chi connectivity index (χ3v) is 3.57. The molecule has 0 unspecified atom stereocenters. The van der Waals surface area contributed by atoms with Crippen LogP contribution in [0.5, 0.6) is 0 Å². The molecule has 9 nitrogen and oxygen atoms in total. The zero-order valence-electron chi connectivity index (χ0n) is 9.61. The van der Waals surface area contributed by atoms with Gasteiger partial charge in [-0.05, 0) is 11.6 Å². The molecule has 0 fully saturated rings. The van der Waals surface area contributed by atoms with Gasteiger partial charge in [-0.25, -0.2) is 13.1 Å². The van der Waals surface area contributed by atoms with Crippen LogP contribution in [-0.2, 0) is 14.8 Å². The molecule has 0 aliphatic carbocycles. The first-order valence-corrected chi connectivity index (χ1v) is 6.39. The Balaban J connectivity index is 3.39. The topological polar surface area (TPSA) is 167 Å². The summed E-state index contributed by atoms with van der Waals surface area (Å²) in [4.78, 5) is 30.7. The molecule has 108 valence electrons. The predicted molar refractivity (Wildman–Crippen MR) is 55.3 cm³/mol. The summed E-state index contributed by atoms with van der Waals surface area (Å²) in [6, 6.07) is 2.05. The maximum atomic E-state index is 11.7. The molecule has 0 aliphatic heterocycles. The Morgan fingerprint density at radius 1 is 1.05 bits per heavy atom. The second-order valence-corrected chi connectivity index (χ2v) is 5.22. The molecule has 10 heteroatoms. The third-order valence-electron chi connectivity index (χ3n) is 2.13. The number of nitrogens with one attached hydrogen (secondary N) is 1. The summed E-state index contributed by atoms with van der Waals surface area (Å²) in [7, 11) is -4.57. The molecular weight excluding hydrogens is 294 g/mol. The second-order valence-electron chi connectivity index (χ2n) is 3.48. The van der Waals surface area contributed by atoms with Gasteiger partial charge in [0, 0.05) is 5.56 Å². The number of hydrogen-bond acceptors (Lipinski definition) is 8. The van der Waals surface area contributed by atoms with Crippen molar-refractivity contribution in [2.45, 2.75) is 4.90 Å². The van der Waals surface area contributed by atoms with Crippen LogP contribution in [0, 0.1) is 0 Å². The van der Waals surface area contributed by atoms with Crippen molar-refractivity contribution in [3.63, 3.8) is 0 Å². The van der Waals surface area contributed by atoms with Crippen LogP contribution in [0.25, 0.3) is 0 Å². The molecule has 1 aromatic rings. The highest BCUT2D eigenvalue weighted by Crippen LogP contribution is 2.17. The van der Waals surface area contributed by atoms with Gasteiger partial charge in [0.1, 0.15) is 0 Å². The van der Waals surface area contributed by atoms with Crippen LogP contribution in [0.4, 0.5) is 0 Å². The minimum absolute atomic E-state index is 0.526. The van der Waals surface area contributed by atoms with Gasteiger partial charge in [-0.2, -0.15) is 0 Å². The van der Waals surface area contributed by atoms with Crippen molar-refractivity contribution in [1.82, 2.24) is 4.72 Å². The number of benzene rings is 1. The first-order valence-electron chi connectivity index (χ1n) is 4.91. The Kier molecular flexibility index (Phi) is 4.42. The molecular formula is C10H6NO8S-3. The van der Waals surface area contributed by atoms with E-state index >= 15 is 0 Å². The molecule has 0 saturated carbocycles. The number of rotatable bonds is 6. The molecule has 0 bridgehead atoms. The number of carboxylic acids is 3. The summed E-state index contributed by atoms with van der Waals surface area (Å²) in [5.74, 6) is -5.35. The van der Waals surface area contributed by atoms with E-state index in [1.807, 2.05) is 0 Å². The van der Waals surface area contributed by atoms with Gasteiger partial charge < -0.3 is 29.7 Å². The maximum absolute atomic E-state index is 11.7. The van der Waals surface area contributed by atoms with Gasteiger partial charge in [-0.1, -0.05) is 12.1 Å². The van der Waals surface area contributed by atoms with Crippen molar-refractivity contribution in [2.75, 3.05) is 6.54 Å². The van der Waals surface area contributed by atoms with Crippen LogP contribution in [0.15, 0.2) is 23.1 Å². The second kappa shape index (κ2) is 5.67. The summed E-state index contributed by atoms with van der Waals surface area (Å²) in [6.45, 7) is -1.11. The average molecular weight is 300 g/mol. The van der Waals surface area contributed by atoms with Gasteiger partial charge in [0.15, 0.2) is 0 Å². The monoisotopic (exact) mass is 300 g/mol. The number of carboxylic acid groups (broad SMARTS) is 3. The lowest BCUT2D eigenvalue weighted by Crippen LogP contribution is -2.38. The molecule has 1 rings (SSSR count). The van der Waals surface area contributed by atoms with E-state index in [0.29, 0.717) is 12.1 Å². The average Bonchev–Trinajstić information content (AvgIpc) is 2.35. The predicted octanol–water partition coefficient (Wildman–Crippen LogP) is -4.56. The van der Waals surface area contributed by atoms with Gasteiger partial charge in [-0.15, -0.1) is 0 Å². The Bertz CT molecular complexity index is 678. The molecule has 0 amide bonds. The fraction of sp³-hybridized carbons (Fsp3) is 0.100. The van der Waals surface area contributed by atoms with E-state index < -0.39 is 50.5 Å². The number of carbonyl (C=O) groups is 3. The fourth-order valence-corrected chi connectivity index (χ4v) is 2.46. The maximum Gasteiger partial charge on any atom is 0.241 e. The van der Waals surface area contributed by atoms with E-state index in [9.17, 15) is 38.1 Å². The van der Waals surface area contributed by atoms with Crippen molar-refractivity contribution in [1.29, 1.82) is 0 Å². The van der Waals surface area contributed by atoms with E-state index in [4.69, 9.17) is 0 Å². The molecule has 1 aromatic carbocycles. The zero-order chi connectivity index (χ0) is 15.5. The number of aliphatic carboxylic acids is 1. The molecule has 0 aliphatic rings. The van der Waals surface area contributed by atoms with Crippen LogP contribution in [0.3, 0.4) is 0 Å². The number of sulfonamides is 1. The van der Waals surface area contributed by atoms with Crippen molar-refractivity contribution >= 4 is 27.9 Å². The van der Waals surface area contributed by atoms with Crippen molar-refractivity contribution < 1.29 is 38.1 Å². The van der Waals surface area contributed by atoms with E-state index in [0.717, 1.165) is 6.07 Å². The smallest absolute Gasteiger partial charge is 0.241 e. The molecule has 1 N–H and O–H groups in total. The molecule has 0 saturated heterocycles. The van der Waals surface area contributed by atoms with Crippen molar-refractivity contribution in [3.8, 4) is 0 Å². The summed E-state index contributed by atoms with van der Waals surface area (Å²) < 4.78 is 25.0. The first kappa shape index (κ1) is 15.6. The molecule has 20 heavy (non-hydrogen) atoms. The normalized spacial score (nSPS) is 11.0. The highest BCUT2D eigenvalue weighted by atomic mass is 32.2. The highest BCUT2D eigenvalue weighted by molar-refractivity contribution is 7.89. The van der Waals surface area contributed by atoms with Gasteiger partial charge in [0.05, 0.1) is 29.3 Å². The summed E-state index contributed by atoms with van der Waals surface area (Å²) in [6.07, 6.45) is 0. The van der Waals surface area contributed by atoms with Gasteiger partial charge in [0.2, 0.25) is 10.0 Å². The van der Waals surface area contributed by atoms with Crippen molar-refractivity contribution in [2.24, 2.45) is 0 Å². The van der Waals surface area contributed by atoms with E-state index in [2.05, 4.69) is 0 Å². The minimum Gasteiger partial charge on any atom is -0.549 e. The number of aromatic carboxylic acids is 2. The lowest BCUT2D eigenvalue weighted by molar-refractivity contribution is -0.303. The SMILES string of the molecule is O=C([O-])CNS(=O)(=O)c1cc(C(=O)[O-])ccc1C(=O)[O-]. The summed E-state index contributed by atoms with van der Waals surface area (Å²) in [5, 5.41) is 31.6. The Hall–Kier alpha value is -2.46. The third kappa shape index (κ3) is 3.52. The van der Waals surface area contributed by atoms with Crippen LogP contribution in [-0.4, -0.2) is 32.9 Å². The quantitative estimate of drug-likeness (QED) is 0.548. The molecule has 0 spiro atoms.